The van der Waals surface area contributed by atoms with Gasteiger partial charge >= 0.3 is 12.1 Å². The molecule has 1 atom stereocenters. The number of carbonyl (C=O) groups is 2. The van der Waals surface area contributed by atoms with Gasteiger partial charge in [-0.3, -0.25) is 9.69 Å². The first-order valence-electron chi connectivity index (χ1n) is 9.42. The number of amides is 1. The second-order valence-corrected chi connectivity index (χ2v) is 9.01. The van der Waals surface area contributed by atoms with Gasteiger partial charge in [-0.05, 0) is 33.8 Å². The summed E-state index contributed by atoms with van der Waals surface area (Å²) in [4.78, 5) is 27.0. The van der Waals surface area contributed by atoms with Gasteiger partial charge in [0.2, 0.25) is 0 Å². The molecule has 0 spiro atoms. The minimum Gasteiger partial charge on any atom is -0.443 e. The third-order valence-corrected chi connectivity index (χ3v) is 5.52. The number of fused-ring (bicyclic) bond motifs is 3. The molecule has 1 aliphatic heterocycles. The molecule has 0 N–H and O–H groups in total. The molecule has 2 aromatic rings. The first-order chi connectivity index (χ1) is 13.1. The molecule has 3 rings (SSSR count). The van der Waals surface area contributed by atoms with E-state index >= 15 is 0 Å². The van der Waals surface area contributed by atoms with Crippen LogP contribution < -0.4 is 9.64 Å². The summed E-state index contributed by atoms with van der Waals surface area (Å²) in [7, 11) is 0. The number of alkyl halides is 1. The fourth-order valence-electron chi connectivity index (χ4n) is 3.18. The number of hydrogen-bond donors (Lipinski definition) is 0. The molecule has 0 bridgehead atoms. The molecule has 2 heterocycles. The summed E-state index contributed by atoms with van der Waals surface area (Å²) < 4.78 is 12.0. The van der Waals surface area contributed by atoms with E-state index in [4.69, 9.17) is 21.1 Å². The molecule has 28 heavy (non-hydrogen) atoms. The second kappa shape index (κ2) is 8.70. The molecule has 5 nitrogen and oxygen atoms in total. The summed E-state index contributed by atoms with van der Waals surface area (Å²) in [6.07, 6.45) is -0.423. The van der Waals surface area contributed by atoms with Crippen molar-refractivity contribution in [2.45, 2.75) is 60.0 Å². The van der Waals surface area contributed by atoms with Crippen LogP contribution in [-0.2, 0) is 9.53 Å². The Labute approximate surface area is 175 Å². The molecular formula is C21H28ClNO4S. The number of nitrogens with zero attached hydrogens (tertiary/aromatic N) is 1. The quantitative estimate of drug-likeness (QED) is 0.324. The van der Waals surface area contributed by atoms with Gasteiger partial charge in [-0.2, -0.15) is 0 Å². The molecule has 7 heteroatoms. The lowest BCUT2D eigenvalue weighted by Crippen LogP contribution is -2.36. The topological polar surface area (TPSA) is 55.8 Å². The molecule has 0 radical (unpaired) electrons. The van der Waals surface area contributed by atoms with E-state index in [2.05, 4.69) is 0 Å². The molecule has 154 valence electrons. The Morgan fingerprint density at radius 1 is 1.29 bits per heavy atom. The fraction of sp³-hybridized carbons (Fsp3) is 0.524. The number of carbonyl (C=O) groups excluding carboxylic acids is 2. The molecule has 0 saturated heterocycles. The Morgan fingerprint density at radius 2 is 1.93 bits per heavy atom. The zero-order valence-electron chi connectivity index (χ0n) is 17.5. The summed E-state index contributed by atoms with van der Waals surface area (Å²) in [5.74, 6) is 0.460. The lowest BCUT2D eigenvalue weighted by atomic mass is 10.0. The highest BCUT2D eigenvalue weighted by molar-refractivity contribution is 7.19. The largest absolute Gasteiger partial charge is 0.443 e. The Morgan fingerprint density at radius 3 is 2.46 bits per heavy atom. The van der Waals surface area contributed by atoms with Crippen LogP contribution >= 0.6 is 22.9 Å². The van der Waals surface area contributed by atoms with Crippen molar-refractivity contribution in [3.05, 3.63) is 22.6 Å². The van der Waals surface area contributed by atoms with Crippen molar-refractivity contribution in [2.24, 2.45) is 0 Å². The van der Waals surface area contributed by atoms with Crippen molar-refractivity contribution in [1.82, 2.24) is 0 Å². The lowest BCUT2D eigenvalue weighted by molar-refractivity contribution is -0.131. The number of aryl methyl sites for hydroxylation is 1. The van der Waals surface area contributed by atoms with E-state index in [1.807, 2.05) is 47.6 Å². The van der Waals surface area contributed by atoms with Crippen molar-refractivity contribution < 1.29 is 19.1 Å². The van der Waals surface area contributed by atoms with Gasteiger partial charge in [-0.1, -0.05) is 13.8 Å². The van der Waals surface area contributed by atoms with Crippen LogP contribution in [0.4, 0.5) is 10.5 Å². The number of benzene rings is 1. The molecular weight excluding hydrogens is 398 g/mol. The van der Waals surface area contributed by atoms with E-state index in [1.165, 1.54) is 6.92 Å². The van der Waals surface area contributed by atoms with Crippen LogP contribution in [0.15, 0.2) is 12.1 Å². The molecule has 0 aliphatic carbocycles. The zero-order chi connectivity index (χ0) is 21.2. The van der Waals surface area contributed by atoms with E-state index in [1.54, 1.807) is 22.3 Å². The first kappa shape index (κ1) is 22.5. The third kappa shape index (κ3) is 4.61. The third-order valence-electron chi connectivity index (χ3n) is 4.06. The van der Waals surface area contributed by atoms with Crippen LogP contribution in [0, 0.1) is 6.92 Å². The average Bonchev–Trinajstić information content (AvgIpc) is 3.14. The van der Waals surface area contributed by atoms with E-state index < -0.39 is 17.7 Å². The Hall–Kier alpha value is -1.79. The maximum Gasteiger partial charge on any atom is 0.414 e. The molecule has 1 aromatic heterocycles. The van der Waals surface area contributed by atoms with E-state index in [9.17, 15) is 9.59 Å². The minimum atomic E-state index is -0.599. The van der Waals surface area contributed by atoms with Gasteiger partial charge in [0.15, 0.2) is 0 Å². The summed E-state index contributed by atoms with van der Waals surface area (Å²) in [5.41, 5.74) is 1.13. The number of hydrogen-bond acceptors (Lipinski definition) is 5. The zero-order valence-corrected chi connectivity index (χ0v) is 19.1. The average molecular weight is 426 g/mol. The van der Waals surface area contributed by atoms with Crippen LogP contribution in [0.25, 0.3) is 10.1 Å². The standard InChI is InChI=1S/C19H22ClNO4S.C2H6/c1-10-6-13-15(24-11(2)22)7-14-16(17(13)26-10)12(8-20)9-21(14)18(23)25-19(3,4)5;1-2/h6-7,12H,8-9H2,1-5H3;1-2H3. The van der Waals surface area contributed by atoms with Gasteiger partial charge in [-0.25, -0.2) is 4.79 Å². The monoisotopic (exact) mass is 425 g/mol. The summed E-state index contributed by atoms with van der Waals surface area (Å²) >= 11 is 7.83. The van der Waals surface area contributed by atoms with Gasteiger partial charge in [0.1, 0.15) is 11.4 Å². The van der Waals surface area contributed by atoms with Crippen LogP contribution in [0.2, 0.25) is 0 Å². The highest BCUT2D eigenvalue weighted by Crippen LogP contribution is 2.48. The second-order valence-electron chi connectivity index (χ2n) is 7.44. The van der Waals surface area contributed by atoms with Gasteiger partial charge < -0.3 is 9.47 Å². The predicted octanol–water partition coefficient (Wildman–Crippen LogP) is 6.24. The highest BCUT2D eigenvalue weighted by atomic mass is 35.5. The van der Waals surface area contributed by atoms with Crippen molar-refractivity contribution in [3.8, 4) is 5.75 Å². The SMILES string of the molecule is CC.CC(=O)Oc1cc2c(c3sc(C)cc13)C(CCl)CN2C(=O)OC(C)(C)C. The summed E-state index contributed by atoms with van der Waals surface area (Å²) in [6.45, 7) is 13.3. The molecule has 1 aromatic carbocycles. The minimum absolute atomic E-state index is 0.00566. The van der Waals surface area contributed by atoms with Crippen LogP contribution in [-0.4, -0.2) is 30.1 Å². The molecule has 0 fully saturated rings. The number of anilines is 1. The number of rotatable bonds is 2. The number of thiophene rings is 1. The smallest absolute Gasteiger partial charge is 0.414 e. The van der Waals surface area contributed by atoms with Crippen molar-refractivity contribution >= 4 is 50.8 Å². The van der Waals surface area contributed by atoms with E-state index in [0.29, 0.717) is 23.9 Å². The number of ether oxygens (including phenoxy) is 2. The molecule has 1 unspecified atom stereocenters. The van der Waals surface area contributed by atoms with Gasteiger partial charge in [0, 0.05) is 51.9 Å². The Bertz CT molecular complexity index is 885. The highest BCUT2D eigenvalue weighted by Gasteiger charge is 2.37. The van der Waals surface area contributed by atoms with Crippen molar-refractivity contribution in [2.75, 3.05) is 17.3 Å². The van der Waals surface area contributed by atoms with E-state index in [-0.39, 0.29) is 5.92 Å². The first-order valence-corrected chi connectivity index (χ1v) is 10.8. The van der Waals surface area contributed by atoms with Crippen LogP contribution in [0.3, 0.4) is 0 Å². The van der Waals surface area contributed by atoms with Crippen LogP contribution in [0.5, 0.6) is 5.75 Å². The van der Waals surface area contributed by atoms with Gasteiger partial charge in [-0.15, -0.1) is 22.9 Å². The maximum atomic E-state index is 12.7. The van der Waals surface area contributed by atoms with Crippen molar-refractivity contribution in [1.29, 1.82) is 0 Å². The van der Waals surface area contributed by atoms with Gasteiger partial charge in [0.05, 0.1) is 5.69 Å². The van der Waals surface area contributed by atoms with E-state index in [0.717, 1.165) is 20.5 Å². The summed E-state index contributed by atoms with van der Waals surface area (Å²) in [6, 6.07) is 3.75. The lowest BCUT2D eigenvalue weighted by Gasteiger charge is -2.25. The molecule has 0 saturated carbocycles. The molecule has 1 amide bonds. The molecule has 1 aliphatic rings. The summed E-state index contributed by atoms with van der Waals surface area (Å²) in [5, 5.41) is 0.877. The number of halogens is 1. The maximum absolute atomic E-state index is 12.7. The number of esters is 1. The Balaban J connectivity index is 0.00000136. The fourth-order valence-corrected chi connectivity index (χ4v) is 4.58. The normalized spacial score (nSPS) is 15.7. The predicted molar refractivity (Wildman–Crippen MR) is 116 cm³/mol. The van der Waals surface area contributed by atoms with Crippen molar-refractivity contribution in [3.63, 3.8) is 0 Å². The van der Waals surface area contributed by atoms with Crippen LogP contribution in [0.1, 0.15) is 57.9 Å². The Kier molecular flexibility index (Phi) is 6.99. The van der Waals surface area contributed by atoms with Gasteiger partial charge in [0.25, 0.3) is 0 Å².